The Balaban J connectivity index is 2.18. The normalized spacial score (nSPS) is 24.2. The zero-order chi connectivity index (χ0) is 15.1. The van der Waals surface area contributed by atoms with Crippen LogP contribution in [0.15, 0.2) is 17.7 Å². The van der Waals surface area contributed by atoms with Gasteiger partial charge in [-0.25, -0.2) is 0 Å². The predicted molar refractivity (Wildman–Crippen MR) is 85.7 cm³/mol. The Morgan fingerprint density at radius 2 is 2.14 bits per heavy atom. The Bertz CT molecular complexity index is 630. The van der Waals surface area contributed by atoms with E-state index in [0.717, 1.165) is 42.4 Å². The first-order valence-corrected chi connectivity index (χ1v) is 8.19. The number of hydrogen-bond donors (Lipinski definition) is 1. The molecule has 1 aromatic carbocycles. The number of fused-ring (bicyclic) bond motifs is 3. The highest BCUT2D eigenvalue weighted by Gasteiger charge is 2.42. The molecule has 0 aromatic heterocycles. The van der Waals surface area contributed by atoms with Gasteiger partial charge in [-0.2, -0.15) is 0 Å². The maximum absolute atomic E-state index is 12.1. The lowest BCUT2D eigenvalue weighted by molar-refractivity contribution is -0.116. The Labute approximate surface area is 130 Å². The van der Waals surface area contributed by atoms with Gasteiger partial charge in [0.2, 0.25) is 0 Å². The summed E-state index contributed by atoms with van der Waals surface area (Å²) in [7, 11) is 0. The van der Waals surface area contributed by atoms with Crippen LogP contribution in [0, 0.1) is 5.92 Å². The highest BCUT2D eigenvalue weighted by molar-refractivity contribution is 6.33. The van der Waals surface area contributed by atoms with Crippen molar-refractivity contribution in [3.05, 3.63) is 33.9 Å². The molecule has 0 radical (unpaired) electrons. The summed E-state index contributed by atoms with van der Waals surface area (Å²) < 4.78 is 0. The lowest BCUT2D eigenvalue weighted by Crippen LogP contribution is -2.17. The first-order chi connectivity index (χ1) is 10.1. The van der Waals surface area contributed by atoms with Gasteiger partial charge in [-0.15, -0.1) is 0 Å². The molecule has 0 spiro atoms. The van der Waals surface area contributed by atoms with Crippen molar-refractivity contribution in [2.45, 2.75) is 51.9 Å². The predicted octanol–water partition coefficient (Wildman–Crippen LogP) is 5.09. The van der Waals surface area contributed by atoms with Crippen LogP contribution in [-0.2, 0) is 4.79 Å². The van der Waals surface area contributed by atoms with Crippen molar-refractivity contribution >= 4 is 23.0 Å². The number of phenolic OH excluding ortho intramolecular Hbond substituents is 1. The average Bonchev–Trinajstić information content (AvgIpc) is 2.79. The first kappa shape index (κ1) is 14.6. The van der Waals surface area contributed by atoms with Gasteiger partial charge in [-0.05, 0) is 59.9 Å². The fraction of sp³-hybridized carbons (Fsp3) is 0.500. The highest BCUT2D eigenvalue weighted by atomic mass is 35.5. The van der Waals surface area contributed by atoms with Crippen molar-refractivity contribution in [1.82, 2.24) is 0 Å². The van der Waals surface area contributed by atoms with Crippen LogP contribution in [0.25, 0.3) is 5.57 Å². The fourth-order valence-corrected chi connectivity index (χ4v) is 4.31. The maximum atomic E-state index is 12.1. The SMILES string of the molecule is CCCCC1c2c(ccc(O)c2Cl)C2=C(C)C(=O)CCC21. The summed E-state index contributed by atoms with van der Waals surface area (Å²) in [5.74, 6) is 1.15. The molecule has 2 aliphatic carbocycles. The molecule has 3 rings (SSSR count). The monoisotopic (exact) mass is 304 g/mol. The number of unbranched alkanes of at least 4 members (excludes halogenated alkanes) is 1. The molecule has 2 unspecified atom stereocenters. The minimum atomic E-state index is 0.153. The van der Waals surface area contributed by atoms with E-state index < -0.39 is 0 Å². The van der Waals surface area contributed by atoms with Gasteiger partial charge in [0.05, 0.1) is 5.02 Å². The third-order valence-corrected chi connectivity index (χ3v) is 5.45. The van der Waals surface area contributed by atoms with Crippen molar-refractivity contribution in [1.29, 1.82) is 0 Å². The van der Waals surface area contributed by atoms with E-state index in [0.29, 0.717) is 23.3 Å². The highest BCUT2D eigenvalue weighted by Crippen LogP contribution is 2.56. The van der Waals surface area contributed by atoms with Gasteiger partial charge in [0.25, 0.3) is 0 Å². The molecular formula is C18H21ClO2. The fourth-order valence-electron chi connectivity index (χ4n) is 4.00. The topological polar surface area (TPSA) is 37.3 Å². The number of benzene rings is 1. The van der Waals surface area contributed by atoms with Crippen LogP contribution in [0.5, 0.6) is 5.75 Å². The second kappa shape index (κ2) is 5.49. The molecule has 1 aromatic rings. The van der Waals surface area contributed by atoms with Crippen LogP contribution in [0.3, 0.4) is 0 Å². The van der Waals surface area contributed by atoms with E-state index in [1.807, 2.05) is 13.0 Å². The number of allylic oxidation sites excluding steroid dienone is 2. The number of carbonyl (C=O) groups excluding carboxylic acids is 1. The lowest BCUT2D eigenvalue weighted by atomic mass is 9.77. The molecular weight excluding hydrogens is 284 g/mol. The number of halogens is 1. The molecule has 0 aliphatic heterocycles. The summed E-state index contributed by atoms with van der Waals surface area (Å²) in [6.07, 6.45) is 4.91. The number of aromatic hydroxyl groups is 1. The van der Waals surface area contributed by atoms with Gasteiger partial charge < -0.3 is 5.11 Å². The molecule has 2 nitrogen and oxygen atoms in total. The second-order valence-electron chi connectivity index (χ2n) is 6.22. The van der Waals surface area contributed by atoms with E-state index in [1.165, 1.54) is 5.57 Å². The molecule has 3 heteroatoms. The van der Waals surface area contributed by atoms with Gasteiger partial charge in [0.1, 0.15) is 5.75 Å². The smallest absolute Gasteiger partial charge is 0.158 e. The Hall–Kier alpha value is -1.28. The Morgan fingerprint density at radius 3 is 2.86 bits per heavy atom. The quantitative estimate of drug-likeness (QED) is 0.845. The summed E-state index contributed by atoms with van der Waals surface area (Å²) in [6.45, 7) is 4.13. The number of carbonyl (C=O) groups is 1. The van der Waals surface area contributed by atoms with Crippen LogP contribution in [0.2, 0.25) is 5.02 Å². The van der Waals surface area contributed by atoms with E-state index in [4.69, 9.17) is 11.6 Å². The van der Waals surface area contributed by atoms with Crippen molar-refractivity contribution < 1.29 is 9.90 Å². The van der Waals surface area contributed by atoms with E-state index in [2.05, 4.69) is 6.92 Å². The van der Waals surface area contributed by atoms with Gasteiger partial charge in [0, 0.05) is 6.42 Å². The summed E-state index contributed by atoms with van der Waals surface area (Å²) in [5, 5.41) is 10.4. The van der Waals surface area contributed by atoms with E-state index in [-0.39, 0.29) is 11.5 Å². The van der Waals surface area contributed by atoms with Gasteiger partial charge in [0.15, 0.2) is 5.78 Å². The molecule has 0 bridgehead atoms. The molecule has 0 saturated heterocycles. The van der Waals surface area contributed by atoms with Crippen LogP contribution in [0.4, 0.5) is 0 Å². The molecule has 112 valence electrons. The Kier molecular flexibility index (Phi) is 3.83. The Morgan fingerprint density at radius 1 is 1.38 bits per heavy atom. The lowest BCUT2D eigenvalue weighted by Gasteiger charge is -2.26. The van der Waals surface area contributed by atoms with Crippen LogP contribution in [-0.4, -0.2) is 10.9 Å². The molecule has 0 heterocycles. The van der Waals surface area contributed by atoms with Crippen molar-refractivity contribution in [3.63, 3.8) is 0 Å². The second-order valence-corrected chi connectivity index (χ2v) is 6.59. The van der Waals surface area contributed by atoms with Crippen LogP contribution in [0.1, 0.15) is 63.0 Å². The summed E-state index contributed by atoms with van der Waals surface area (Å²) in [5.41, 5.74) is 4.24. The largest absolute Gasteiger partial charge is 0.506 e. The molecule has 2 aliphatic rings. The average molecular weight is 305 g/mol. The van der Waals surface area contributed by atoms with E-state index in [1.54, 1.807) is 6.07 Å². The third kappa shape index (κ3) is 2.20. The number of hydrogen-bond acceptors (Lipinski definition) is 2. The summed E-state index contributed by atoms with van der Waals surface area (Å²) in [6, 6.07) is 3.59. The van der Waals surface area contributed by atoms with E-state index >= 15 is 0 Å². The number of Topliss-reactive ketones (excluding diaryl/α,β-unsaturated/α-hetero) is 1. The van der Waals surface area contributed by atoms with Crippen molar-refractivity contribution in [2.75, 3.05) is 0 Å². The molecule has 0 saturated carbocycles. The first-order valence-electron chi connectivity index (χ1n) is 7.82. The van der Waals surface area contributed by atoms with Gasteiger partial charge >= 0.3 is 0 Å². The summed E-state index contributed by atoms with van der Waals surface area (Å²) >= 11 is 6.40. The zero-order valence-corrected chi connectivity index (χ0v) is 13.3. The van der Waals surface area contributed by atoms with Gasteiger partial charge in [-0.3, -0.25) is 4.79 Å². The van der Waals surface area contributed by atoms with Crippen LogP contribution >= 0.6 is 11.6 Å². The number of phenols is 1. The molecule has 21 heavy (non-hydrogen) atoms. The number of rotatable bonds is 3. The summed E-state index contributed by atoms with van der Waals surface area (Å²) in [4.78, 5) is 12.1. The standard InChI is InChI=1S/C18H21ClO2/c1-3-4-5-11-12-6-8-14(20)10(2)16(12)13-7-9-15(21)18(19)17(11)13/h7,9,11-12,21H,3-6,8H2,1-2H3. The van der Waals surface area contributed by atoms with Gasteiger partial charge in [-0.1, -0.05) is 37.4 Å². The minimum Gasteiger partial charge on any atom is -0.506 e. The minimum absolute atomic E-state index is 0.153. The third-order valence-electron chi connectivity index (χ3n) is 5.05. The molecule has 0 fully saturated rings. The van der Waals surface area contributed by atoms with Crippen LogP contribution < -0.4 is 0 Å². The molecule has 0 amide bonds. The van der Waals surface area contributed by atoms with Crippen molar-refractivity contribution in [3.8, 4) is 5.75 Å². The number of ketones is 1. The molecule has 2 atom stereocenters. The van der Waals surface area contributed by atoms with Crippen molar-refractivity contribution in [2.24, 2.45) is 5.92 Å². The molecule has 1 N–H and O–H groups in total. The zero-order valence-electron chi connectivity index (χ0n) is 12.6. The maximum Gasteiger partial charge on any atom is 0.158 e. The van der Waals surface area contributed by atoms with E-state index in [9.17, 15) is 9.90 Å².